The SMILES string of the molecule is CCCCCCCCCCCC(=O)OC(=O)C1CCCN1O. The lowest BCUT2D eigenvalue weighted by Gasteiger charge is -2.15. The van der Waals surface area contributed by atoms with Gasteiger partial charge < -0.3 is 9.94 Å². The molecule has 0 saturated carbocycles. The molecule has 0 aromatic carbocycles. The summed E-state index contributed by atoms with van der Waals surface area (Å²) in [6.45, 7) is 2.68. The summed E-state index contributed by atoms with van der Waals surface area (Å²) in [5.74, 6) is -1.07. The van der Waals surface area contributed by atoms with Gasteiger partial charge in [0, 0.05) is 13.0 Å². The molecule has 1 unspecified atom stereocenters. The lowest BCUT2D eigenvalue weighted by Crippen LogP contribution is -2.35. The van der Waals surface area contributed by atoms with Crippen LogP contribution < -0.4 is 0 Å². The Labute approximate surface area is 134 Å². The van der Waals surface area contributed by atoms with Crippen molar-refractivity contribution in [2.24, 2.45) is 0 Å². The lowest BCUT2D eigenvalue weighted by atomic mass is 10.1. The van der Waals surface area contributed by atoms with Gasteiger partial charge >= 0.3 is 11.9 Å². The number of rotatable bonds is 11. The van der Waals surface area contributed by atoms with E-state index in [4.69, 9.17) is 4.74 Å². The molecule has 1 N–H and O–H groups in total. The van der Waals surface area contributed by atoms with Gasteiger partial charge in [-0.15, -0.1) is 0 Å². The van der Waals surface area contributed by atoms with Gasteiger partial charge in [-0.05, 0) is 19.3 Å². The maximum atomic E-state index is 11.7. The first-order valence-corrected chi connectivity index (χ1v) is 8.85. The Bertz CT molecular complexity index is 333. The molecular formula is C17H31NO4. The second kappa shape index (κ2) is 11.6. The number of nitrogens with zero attached hydrogens (tertiary/aromatic N) is 1. The van der Waals surface area contributed by atoms with E-state index in [1.54, 1.807) is 0 Å². The fourth-order valence-corrected chi connectivity index (χ4v) is 2.80. The molecule has 1 heterocycles. The molecule has 5 heteroatoms. The van der Waals surface area contributed by atoms with Crippen molar-refractivity contribution in [2.75, 3.05) is 6.54 Å². The third-order valence-corrected chi connectivity index (χ3v) is 4.20. The van der Waals surface area contributed by atoms with Gasteiger partial charge in [0.2, 0.25) is 0 Å². The molecule has 0 aromatic heterocycles. The summed E-state index contributed by atoms with van der Waals surface area (Å²) >= 11 is 0. The zero-order valence-corrected chi connectivity index (χ0v) is 13.9. The van der Waals surface area contributed by atoms with Crippen LogP contribution in [0, 0.1) is 0 Å². The minimum Gasteiger partial charge on any atom is -0.392 e. The first kappa shape index (κ1) is 19.1. The standard InChI is InChI=1S/C17H31NO4/c1-2-3-4-5-6-7-8-9-10-13-16(19)22-17(20)15-12-11-14-18(15)21/h15,21H,2-14H2,1H3. The van der Waals surface area contributed by atoms with E-state index in [0.29, 0.717) is 19.4 Å². The summed E-state index contributed by atoms with van der Waals surface area (Å²) in [4.78, 5) is 23.3. The number of ether oxygens (including phenoxy) is 1. The molecule has 0 amide bonds. The van der Waals surface area contributed by atoms with Gasteiger partial charge in [-0.2, -0.15) is 5.06 Å². The third-order valence-electron chi connectivity index (χ3n) is 4.20. The highest BCUT2D eigenvalue weighted by molar-refractivity contribution is 5.88. The second-order valence-electron chi connectivity index (χ2n) is 6.19. The van der Waals surface area contributed by atoms with Crippen molar-refractivity contribution in [1.29, 1.82) is 0 Å². The van der Waals surface area contributed by atoms with Crippen LogP contribution in [0.3, 0.4) is 0 Å². The minimum absolute atomic E-state index is 0.291. The number of hydrogen-bond acceptors (Lipinski definition) is 5. The van der Waals surface area contributed by atoms with Crippen LogP contribution in [0.5, 0.6) is 0 Å². The van der Waals surface area contributed by atoms with Crippen LogP contribution in [0.25, 0.3) is 0 Å². The van der Waals surface area contributed by atoms with E-state index in [0.717, 1.165) is 30.7 Å². The Morgan fingerprint density at radius 3 is 2.18 bits per heavy atom. The van der Waals surface area contributed by atoms with E-state index in [2.05, 4.69) is 6.92 Å². The van der Waals surface area contributed by atoms with Gasteiger partial charge in [0.15, 0.2) is 0 Å². The summed E-state index contributed by atoms with van der Waals surface area (Å²) in [5, 5.41) is 10.4. The summed E-state index contributed by atoms with van der Waals surface area (Å²) in [6, 6.07) is -0.660. The highest BCUT2D eigenvalue weighted by atomic mass is 16.6. The Kier molecular flexibility index (Phi) is 10.1. The highest BCUT2D eigenvalue weighted by Gasteiger charge is 2.32. The number of carbonyl (C=O) groups is 2. The normalized spacial score (nSPS) is 18.5. The van der Waals surface area contributed by atoms with Crippen LogP contribution >= 0.6 is 0 Å². The molecule has 1 aliphatic rings. The first-order valence-electron chi connectivity index (χ1n) is 8.85. The van der Waals surface area contributed by atoms with Gasteiger partial charge in [0.25, 0.3) is 0 Å². The fraction of sp³-hybridized carbons (Fsp3) is 0.882. The minimum atomic E-state index is -0.660. The van der Waals surface area contributed by atoms with Gasteiger partial charge in [0.1, 0.15) is 6.04 Å². The van der Waals surface area contributed by atoms with Crippen LogP contribution in [0.1, 0.15) is 84.0 Å². The summed E-state index contributed by atoms with van der Waals surface area (Å²) in [7, 11) is 0. The van der Waals surface area contributed by atoms with Gasteiger partial charge in [0.05, 0.1) is 0 Å². The van der Waals surface area contributed by atoms with E-state index in [1.165, 1.54) is 38.5 Å². The van der Waals surface area contributed by atoms with E-state index in [-0.39, 0.29) is 0 Å². The number of hydrogen-bond donors (Lipinski definition) is 1. The topological polar surface area (TPSA) is 66.8 Å². The second-order valence-corrected chi connectivity index (χ2v) is 6.19. The molecule has 1 atom stereocenters. The van der Waals surface area contributed by atoms with Crippen LogP contribution in [0.15, 0.2) is 0 Å². The molecule has 0 spiro atoms. The average Bonchev–Trinajstić information content (AvgIpc) is 2.91. The quantitative estimate of drug-likeness (QED) is 0.357. The van der Waals surface area contributed by atoms with E-state index >= 15 is 0 Å². The van der Waals surface area contributed by atoms with Gasteiger partial charge in [-0.25, -0.2) is 4.79 Å². The smallest absolute Gasteiger partial charge is 0.333 e. The zero-order valence-electron chi connectivity index (χ0n) is 13.9. The van der Waals surface area contributed by atoms with Crippen molar-refractivity contribution in [2.45, 2.75) is 90.0 Å². The number of carbonyl (C=O) groups excluding carboxylic acids is 2. The van der Waals surface area contributed by atoms with Crippen molar-refractivity contribution >= 4 is 11.9 Å². The monoisotopic (exact) mass is 313 g/mol. The van der Waals surface area contributed by atoms with E-state index < -0.39 is 18.0 Å². The molecule has 1 aliphatic heterocycles. The molecule has 1 rings (SSSR count). The molecule has 5 nitrogen and oxygen atoms in total. The zero-order chi connectivity index (χ0) is 16.2. The third kappa shape index (κ3) is 7.90. The average molecular weight is 313 g/mol. The Hall–Kier alpha value is -0.940. The fourth-order valence-electron chi connectivity index (χ4n) is 2.80. The van der Waals surface area contributed by atoms with E-state index in [1.807, 2.05) is 0 Å². The number of esters is 2. The van der Waals surface area contributed by atoms with Crippen molar-refractivity contribution in [1.82, 2.24) is 5.06 Å². The Balaban J connectivity index is 1.96. The predicted octanol–water partition coefficient (Wildman–Crippen LogP) is 3.83. The molecular weight excluding hydrogens is 282 g/mol. The maximum Gasteiger partial charge on any atom is 0.333 e. The largest absolute Gasteiger partial charge is 0.392 e. The predicted molar refractivity (Wildman–Crippen MR) is 84.5 cm³/mol. The van der Waals surface area contributed by atoms with Crippen LogP contribution in [-0.2, 0) is 14.3 Å². The van der Waals surface area contributed by atoms with Gasteiger partial charge in [-0.1, -0.05) is 58.3 Å². The summed E-state index contributed by atoms with van der Waals surface area (Å²) in [6.07, 6.45) is 12.3. The first-order chi connectivity index (χ1) is 10.6. The Morgan fingerprint density at radius 1 is 1.05 bits per heavy atom. The Morgan fingerprint density at radius 2 is 1.64 bits per heavy atom. The highest BCUT2D eigenvalue weighted by Crippen LogP contribution is 2.16. The molecule has 22 heavy (non-hydrogen) atoms. The molecule has 0 aliphatic carbocycles. The van der Waals surface area contributed by atoms with Gasteiger partial charge in [-0.3, -0.25) is 4.79 Å². The van der Waals surface area contributed by atoms with Crippen LogP contribution in [0.2, 0.25) is 0 Å². The number of hydroxylamine groups is 2. The van der Waals surface area contributed by atoms with Crippen molar-refractivity contribution < 1.29 is 19.5 Å². The van der Waals surface area contributed by atoms with Crippen molar-refractivity contribution in [3.63, 3.8) is 0 Å². The lowest BCUT2D eigenvalue weighted by molar-refractivity contribution is -0.174. The molecule has 0 aromatic rings. The van der Waals surface area contributed by atoms with Crippen LogP contribution in [0.4, 0.5) is 0 Å². The van der Waals surface area contributed by atoms with Crippen molar-refractivity contribution in [3.05, 3.63) is 0 Å². The molecule has 0 bridgehead atoms. The molecule has 0 radical (unpaired) electrons. The van der Waals surface area contributed by atoms with Crippen LogP contribution in [-0.4, -0.2) is 34.8 Å². The maximum absolute atomic E-state index is 11.7. The summed E-state index contributed by atoms with van der Waals surface area (Å²) in [5.41, 5.74) is 0. The van der Waals surface area contributed by atoms with Crippen molar-refractivity contribution in [3.8, 4) is 0 Å². The molecule has 128 valence electrons. The summed E-state index contributed by atoms with van der Waals surface area (Å²) < 4.78 is 4.80. The molecule has 1 saturated heterocycles. The van der Waals surface area contributed by atoms with E-state index in [9.17, 15) is 14.8 Å². The molecule has 1 fully saturated rings. The number of unbranched alkanes of at least 4 members (excludes halogenated alkanes) is 8.